The molecule has 3 aromatic heterocycles. The number of fused-ring (bicyclic) bond motifs is 5. The zero-order valence-corrected chi connectivity index (χ0v) is 14.7. The van der Waals surface area contributed by atoms with E-state index >= 15 is 0 Å². The van der Waals surface area contributed by atoms with Crippen molar-refractivity contribution in [3.05, 3.63) is 22.1 Å². The number of carbonyl (C=O) groups is 1. The van der Waals surface area contributed by atoms with Crippen molar-refractivity contribution >= 4 is 33.1 Å². The molecule has 3 aromatic rings. The summed E-state index contributed by atoms with van der Waals surface area (Å²) in [6, 6.07) is 0. The van der Waals surface area contributed by atoms with Crippen LogP contribution in [0, 0.1) is 6.92 Å². The molecule has 132 valence electrons. The fourth-order valence-corrected chi connectivity index (χ4v) is 4.68. The van der Waals surface area contributed by atoms with Crippen LogP contribution in [0.25, 0.3) is 15.9 Å². The lowest BCUT2D eigenvalue weighted by molar-refractivity contribution is 0.0673. The number of rotatable bonds is 5. The van der Waals surface area contributed by atoms with E-state index in [1.807, 2.05) is 6.92 Å². The predicted molar refractivity (Wildman–Crippen MR) is 93.0 cm³/mol. The van der Waals surface area contributed by atoms with Gasteiger partial charge in [0.1, 0.15) is 10.7 Å². The second kappa shape index (κ2) is 6.32. The first-order chi connectivity index (χ1) is 12.1. The maximum Gasteiger partial charge on any atom is 0.293 e. The van der Waals surface area contributed by atoms with Gasteiger partial charge in [0.15, 0.2) is 5.65 Å². The molecule has 9 heteroatoms. The van der Waals surface area contributed by atoms with Crippen LogP contribution in [0.1, 0.15) is 33.3 Å². The van der Waals surface area contributed by atoms with Gasteiger partial charge in [-0.2, -0.15) is 4.52 Å². The molecule has 0 saturated heterocycles. The number of aryl methyl sites for hydroxylation is 3. The average molecular weight is 361 g/mol. The molecule has 0 unspecified atom stereocenters. The Hall–Kier alpha value is -2.10. The number of hydrogen-bond donors (Lipinski definition) is 2. The lowest BCUT2D eigenvalue weighted by Crippen LogP contribution is -2.36. The van der Waals surface area contributed by atoms with Crippen molar-refractivity contribution in [3.8, 4) is 0 Å². The highest BCUT2D eigenvalue weighted by atomic mass is 32.1. The van der Waals surface area contributed by atoms with E-state index in [4.69, 9.17) is 10.2 Å². The Morgan fingerprint density at radius 1 is 1.24 bits per heavy atom. The second-order valence-electron chi connectivity index (χ2n) is 6.11. The van der Waals surface area contributed by atoms with E-state index < -0.39 is 5.91 Å². The van der Waals surface area contributed by atoms with Gasteiger partial charge < -0.3 is 15.1 Å². The van der Waals surface area contributed by atoms with Gasteiger partial charge in [-0.15, -0.1) is 16.4 Å². The molecule has 0 spiro atoms. The summed E-state index contributed by atoms with van der Waals surface area (Å²) in [7, 11) is 0. The lowest BCUT2D eigenvalue weighted by Gasteiger charge is -2.18. The van der Waals surface area contributed by atoms with Gasteiger partial charge >= 0.3 is 0 Å². The van der Waals surface area contributed by atoms with Gasteiger partial charge in [0.25, 0.3) is 5.91 Å². The van der Waals surface area contributed by atoms with Crippen molar-refractivity contribution in [2.45, 2.75) is 26.2 Å². The van der Waals surface area contributed by atoms with Crippen LogP contribution in [0.3, 0.4) is 0 Å². The molecule has 0 bridgehead atoms. The van der Waals surface area contributed by atoms with Crippen molar-refractivity contribution in [1.29, 1.82) is 0 Å². The number of amides is 1. The maximum atomic E-state index is 12.7. The quantitative estimate of drug-likeness (QED) is 0.688. The van der Waals surface area contributed by atoms with E-state index in [0.29, 0.717) is 11.5 Å². The van der Waals surface area contributed by atoms with Gasteiger partial charge in [-0.25, -0.2) is 9.97 Å². The van der Waals surface area contributed by atoms with Crippen LogP contribution in [0.4, 0.5) is 0 Å². The average Bonchev–Trinajstić information content (AvgIpc) is 3.27. The highest BCUT2D eigenvalue weighted by molar-refractivity contribution is 7.19. The minimum absolute atomic E-state index is 0.0669. The first-order valence-electron chi connectivity index (χ1n) is 8.32. The molecular formula is C16H19N5O3S. The molecule has 0 fully saturated rings. The van der Waals surface area contributed by atoms with Gasteiger partial charge in [0, 0.05) is 18.0 Å². The Labute approximate surface area is 147 Å². The van der Waals surface area contributed by atoms with Crippen LogP contribution >= 0.6 is 11.3 Å². The molecule has 1 amide bonds. The predicted octanol–water partition coefficient (Wildman–Crippen LogP) is 0.563. The molecule has 0 saturated carbocycles. The van der Waals surface area contributed by atoms with Gasteiger partial charge in [-0.3, -0.25) is 4.79 Å². The number of carbonyl (C=O) groups excluding carboxylic acids is 1. The molecule has 1 aliphatic rings. The summed E-state index contributed by atoms with van der Waals surface area (Å²) in [6.45, 7) is 1.76. The van der Waals surface area contributed by atoms with Crippen molar-refractivity contribution in [3.63, 3.8) is 0 Å². The number of aliphatic hydroxyl groups is 2. The highest BCUT2D eigenvalue weighted by Gasteiger charge is 2.25. The van der Waals surface area contributed by atoms with Crippen molar-refractivity contribution in [2.75, 3.05) is 26.3 Å². The van der Waals surface area contributed by atoms with E-state index in [0.717, 1.165) is 29.5 Å². The Bertz CT molecular complexity index is 958. The summed E-state index contributed by atoms with van der Waals surface area (Å²) in [5, 5.41) is 23.6. The van der Waals surface area contributed by atoms with Crippen molar-refractivity contribution in [2.24, 2.45) is 0 Å². The van der Waals surface area contributed by atoms with E-state index in [2.05, 4.69) is 15.1 Å². The van der Waals surface area contributed by atoms with Gasteiger partial charge in [0.05, 0.1) is 18.6 Å². The van der Waals surface area contributed by atoms with Gasteiger partial charge in [-0.1, -0.05) is 0 Å². The number of hydrogen-bond acceptors (Lipinski definition) is 7. The third kappa shape index (κ3) is 2.59. The summed E-state index contributed by atoms with van der Waals surface area (Å²) in [4.78, 5) is 25.4. The number of thiophene rings is 1. The third-order valence-electron chi connectivity index (χ3n) is 4.52. The highest BCUT2D eigenvalue weighted by Crippen LogP contribution is 2.38. The molecule has 0 radical (unpaired) electrons. The van der Waals surface area contributed by atoms with Crippen LogP contribution in [0.2, 0.25) is 0 Å². The van der Waals surface area contributed by atoms with Crippen molar-refractivity contribution in [1.82, 2.24) is 24.5 Å². The lowest BCUT2D eigenvalue weighted by atomic mass is 10.2. The second-order valence-corrected chi connectivity index (χ2v) is 7.19. The Kier molecular flexibility index (Phi) is 4.14. The summed E-state index contributed by atoms with van der Waals surface area (Å²) < 4.78 is 1.62. The number of nitrogens with zero attached hydrogens (tertiary/aromatic N) is 5. The summed E-state index contributed by atoms with van der Waals surface area (Å²) in [5.74, 6) is 0.355. The number of aliphatic hydroxyl groups excluding tert-OH is 2. The minimum Gasteiger partial charge on any atom is -0.395 e. The standard InChI is InChI=1S/C16H19N5O3S/c1-9-17-15-12(10-3-2-4-11(10)25-15)14-18-13(19-21(9)14)16(24)20(5-7-22)6-8-23/h22-23H,2-8H2,1H3. The topological polar surface area (TPSA) is 104 Å². The summed E-state index contributed by atoms with van der Waals surface area (Å²) >= 11 is 1.70. The zero-order valence-electron chi connectivity index (χ0n) is 13.9. The minimum atomic E-state index is -0.397. The fourth-order valence-electron chi connectivity index (χ4n) is 3.38. The molecule has 25 heavy (non-hydrogen) atoms. The van der Waals surface area contributed by atoms with Gasteiger partial charge in [0.2, 0.25) is 5.82 Å². The zero-order chi connectivity index (χ0) is 17.6. The first-order valence-corrected chi connectivity index (χ1v) is 9.14. The van der Waals surface area contributed by atoms with Gasteiger partial charge in [-0.05, 0) is 31.7 Å². The fraction of sp³-hybridized carbons (Fsp3) is 0.500. The summed E-state index contributed by atoms with van der Waals surface area (Å²) in [6.07, 6.45) is 3.22. The molecule has 4 rings (SSSR count). The Morgan fingerprint density at radius 2 is 2.00 bits per heavy atom. The SMILES string of the molecule is Cc1nc2sc3c(c2c2nc(C(=O)N(CCO)CCO)nn12)CCC3. The Morgan fingerprint density at radius 3 is 2.72 bits per heavy atom. The van der Waals surface area contributed by atoms with Crippen LogP contribution < -0.4 is 0 Å². The first kappa shape index (κ1) is 16.4. The normalized spacial score (nSPS) is 13.7. The smallest absolute Gasteiger partial charge is 0.293 e. The third-order valence-corrected chi connectivity index (χ3v) is 5.71. The van der Waals surface area contributed by atoms with E-state index in [9.17, 15) is 4.79 Å². The maximum absolute atomic E-state index is 12.7. The molecule has 1 aliphatic carbocycles. The molecule has 8 nitrogen and oxygen atoms in total. The molecular weight excluding hydrogens is 342 g/mol. The molecule has 0 atom stereocenters. The van der Waals surface area contributed by atoms with Crippen molar-refractivity contribution < 1.29 is 15.0 Å². The molecule has 0 aromatic carbocycles. The van der Waals surface area contributed by atoms with E-state index in [-0.39, 0.29) is 32.1 Å². The van der Waals surface area contributed by atoms with Crippen LogP contribution in [-0.2, 0) is 12.8 Å². The Balaban J connectivity index is 1.85. The number of aromatic nitrogens is 4. The van der Waals surface area contributed by atoms with E-state index in [1.54, 1.807) is 15.9 Å². The molecule has 0 aliphatic heterocycles. The van der Waals surface area contributed by atoms with Crippen LogP contribution in [0.5, 0.6) is 0 Å². The monoisotopic (exact) mass is 361 g/mol. The van der Waals surface area contributed by atoms with E-state index in [1.165, 1.54) is 15.3 Å². The van der Waals surface area contributed by atoms with Crippen LogP contribution in [-0.4, -0.2) is 66.9 Å². The molecule has 3 heterocycles. The summed E-state index contributed by atoms with van der Waals surface area (Å²) in [5.41, 5.74) is 1.95. The molecule has 2 N–H and O–H groups in total. The largest absolute Gasteiger partial charge is 0.395 e. The van der Waals surface area contributed by atoms with Crippen LogP contribution in [0.15, 0.2) is 0 Å².